The zero-order valence-electron chi connectivity index (χ0n) is 14.5. The van der Waals surface area contributed by atoms with Crippen molar-refractivity contribution >= 4 is 16.5 Å². The van der Waals surface area contributed by atoms with Gasteiger partial charge in [0.15, 0.2) is 0 Å². The fraction of sp³-hybridized carbons (Fsp3) is 0.182. The standard InChI is InChI=1S/C22H20F3N/c1-2-21(18-10-6-11-19(15-18)22(23,24)25)26-14-13-17-9-5-8-16-7-3-4-12-20(16)17/h2-12,15,26H,13-14H2,1H3. The number of allylic oxidation sites excluding steroid dienone is 1. The molecule has 0 saturated carbocycles. The van der Waals surface area contributed by atoms with E-state index in [0.29, 0.717) is 17.8 Å². The molecule has 0 aliphatic heterocycles. The lowest BCUT2D eigenvalue weighted by molar-refractivity contribution is -0.137. The summed E-state index contributed by atoms with van der Waals surface area (Å²) in [7, 11) is 0. The summed E-state index contributed by atoms with van der Waals surface area (Å²) >= 11 is 0. The molecule has 0 bridgehead atoms. The van der Waals surface area contributed by atoms with Crippen LogP contribution in [0.2, 0.25) is 0 Å². The van der Waals surface area contributed by atoms with Crippen molar-refractivity contribution in [2.75, 3.05) is 6.54 Å². The molecule has 0 aromatic heterocycles. The van der Waals surface area contributed by atoms with E-state index in [1.807, 2.05) is 25.1 Å². The molecule has 0 radical (unpaired) electrons. The quantitative estimate of drug-likeness (QED) is 0.587. The lowest BCUT2D eigenvalue weighted by Gasteiger charge is -2.14. The van der Waals surface area contributed by atoms with Crippen molar-refractivity contribution in [2.45, 2.75) is 19.5 Å². The molecule has 0 fully saturated rings. The smallest absolute Gasteiger partial charge is 0.384 e. The lowest BCUT2D eigenvalue weighted by atomic mass is 10.0. The Hall–Kier alpha value is -2.75. The van der Waals surface area contributed by atoms with Crippen LogP contribution in [-0.4, -0.2) is 6.54 Å². The molecule has 3 aromatic rings. The van der Waals surface area contributed by atoms with Crippen LogP contribution in [0.25, 0.3) is 16.5 Å². The van der Waals surface area contributed by atoms with Crippen molar-refractivity contribution in [1.82, 2.24) is 5.32 Å². The molecule has 0 aliphatic rings. The van der Waals surface area contributed by atoms with Crippen LogP contribution in [0, 0.1) is 0 Å². The number of rotatable bonds is 5. The summed E-state index contributed by atoms with van der Waals surface area (Å²) in [6.07, 6.45) is -1.74. The zero-order chi connectivity index (χ0) is 18.6. The van der Waals surface area contributed by atoms with Gasteiger partial charge < -0.3 is 5.32 Å². The predicted molar refractivity (Wildman–Crippen MR) is 101 cm³/mol. The molecule has 0 amide bonds. The molecule has 0 saturated heterocycles. The van der Waals surface area contributed by atoms with Crippen LogP contribution >= 0.6 is 0 Å². The number of halogens is 3. The molecule has 26 heavy (non-hydrogen) atoms. The molecule has 0 heterocycles. The topological polar surface area (TPSA) is 12.0 Å². The van der Waals surface area contributed by atoms with Crippen molar-refractivity contribution in [3.8, 4) is 0 Å². The van der Waals surface area contributed by atoms with E-state index in [1.165, 1.54) is 28.5 Å². The number of hydrogen-bond acceptors (Lipinski definition) is 1. The first kappa shape index (κ1) is 18.1. The second kappa shape index (κ2) is 7.65. The second-order valence-electron chi connectivity index (χ2n) is 6.10. The highest BCUT2D eigenvalue weighted by Crippen LogP contribution is 2.30. The fourth-order valence-electron chi connectivity index (χ4n) is 3.08. The Bertz CT molecular complexity index is 921. The summed E-state index contributed by atoms with van der Waals surface area (Å²) in [4.78, 5) is 0. The van der Waals surface area contributed by atoms with Crippen molar-refractivity contribution in [3.63, 3.8) is 0 Å². The van der Waals surface area contributed by atoms with Crippen LogP contribution in [-0.2, 0) is 12.6 Å². The van der Waals surface area contributed by atoms with Crippen molar-refractivity contribution in [3.05, 3.63) is 89.5 Å². The van der Waals surface area contributed by atoms with E-state index in [9.17, 15) is 13.2 Å². The van der Waals surface area contributed by atoms with E-state index in [4.69, 9.17) is 0 Å². The summed E-state index contributed by atoms with van der Waals surface area (Å²) in [5.74, 6) is 0. The van der Waals surface area contributed by atoms with E-state index in [1.54, 1.807) is 12.1 Å². The first-order chi connectivity index (χ1) is 12.5. The van der Waals surface area contributed by atoms with Gasteiger partial charge in [-0.25, -0.2) is 0 Å². The zero-order valence-corrected chi connectivity index (χ0v) is 14.5. The maximum Gasteiger partial charge on any atom is 0.416 e. The summed E-state index contributed by atoms with van der Waals surface area (Å²) in [5, 5.41) is 5.67. The van der Waals surface area contributed by atoms with Crippen molar-refractivity contribution in [1.29, 1.82) is 0 Å². The highest BCUT2D eigenvalue weighted by Gasteiger charge is 2.30. The minimum absolute atomic E-state index is 0.542. The third kappa shape index (κ3) is 4.07. The Labute approximate surface area is 151 Å². The van der Waals surface area contributed by atoms with Gasteiger partial charge in [-0.2, -0.15) is 13.2 Å². The van der Waals surface area contributed by atoms with Gasteiger partial charge in [-0.15, -0.1) is 0 Å². The highest BCUT2D eigenvalue weighted by atomic mass is 19.4. The number of alkyl halides is 3. The third-order valence-electron chi connectivity index (χ3n) is 4.38. The van der Waals surface area contributed by atoms with Gasteiger partial charge in [0.05, 0.1) is 5.56 Å². The van der Waals surface area contributed by atoms with E-state index in [0.717, 1.165) is 12.5 Å². The Morgan fingerprint density at radius 2 is 1.69 bits per heavy atom. The van der Waals surface area contributed by atoms with Crippen molar-refractivity contribution < 1.29 is 13.2 Å². The molecule has 0 spiro atoms. The van der Waals surface area contributed by atoms with Crippen LogP contribution in [0.4, 0.5) is 13.2 Å². The monoisotopic (exact) mass is 355 g/mol. The maximum atomic E-state index is 12.9. The molecule has 134 valence electrons. The molecule has 0 atom stereocenters. The third-order valence-corrected chi connectivity index (χ3v) is 4.38. The Morgan fingerprint density at radius 1 is 0.962 bits per heavy atom. The van der Waals surface area contributed by atoms with Crippen LogP contribution in [0.3, 0.4) is 0 Å². The number of benzene rings is 3. The van der Waals surface area contributed by atoms with Gasteiger partial charge in [-0.3, -0.25) is 0 Å². The van der Waals surface area contributed by atoms with E-state index < -0.39 is 11.7 Å². The maximum absolute atomic E-state index is 12.9. The number of nitrogens with one attached hydrogen (secondary N) is 1. The summed E-state index contributed by atoms with van der Waals surface area (Å²) in [6.45, 7) is 2.46. The van der Waals surface area contributed by atoms with Gasteiger partial charge in [0.25, 0.3) is 0 Å². The SMILES string of the molecule is CC=C(NCCc1cccc2ccccc12)c1cccc(C(F)(F)F)c1. The largest absolute Gasteiger partial charge is 0.416 e. The van der Waals surface area contributed by atoms with Crippen LogP contribution in [0.5, 0.6) is 0 Å². The lowest BCUT2D eigenvalue weighted by Crippen LogP contribution is -2.16. The van der Waals surface area contributed by atoms with Gasteiger partial charge in [-0.1, -0.05) is 60.7 Å². The van der Waals surface area contributed by atoms with E-state index >= 15 is 0 Å². The van der Waals surface area contributed by atoms with Crippen LogP contribution < -0.4 is 5.32 Å². The van der Waals surface area contributed by atoms with Gasteiger partial charge in [-0.05, 0) is 47.4 Å². The normalized spacial score (nSPS) is 12.4. The van der Waals surface area contributed by atoms with Gasteiger partial charge in [0.1, 0.15) is 0 Å². The average molecular weight is 355 g/mol. The van der Waals surface area contributed by atoms with Crippen LogP contribution in [0.15, 0.2) is 72.8 Å². The molecule has 4 heteroatoms. The molecule has 1 N–H and O–H groups in total. The summed E-state index contributed by atoms with van der Waals surface area (Å²) in [5.41, 5.74) is 1.83. The van der Waals surface area contributed by atoms with Gasteiger partial charge in [0, 0.05) is 12.2 Å². The Morgan fingerprint density at radius 3 is 2.46 bits per heavy atom. The van der Waals surface area contributed by atoms with E-state index in [-0.39, 0.29) is 0 Å². The predicted octanol–water partition coefficient (Wildman–Crippen LogP) is 6.05. The van der Waals surface area contributed by atoms with E-state index in [2.05, 4.69) is 29.6 Å². The highest BCUT2D eigenvalue weighted by molar-refractivity contribution is 5.85. The number of hydrogen-bond donors (Lipinski definition) is 1. The van der Waals surface area contributed by atoms with Crippen molar-refractivity contribution in [2.24, 2.45) is 0 Å². The van der Waals surface area contributed by atoms with Gasteiger partial charge >= 0.3 is 6.18 Å². The van der Waals surface area contributed by atoms with Crippen LogP contribution in [0.1, 0.15) is 23.6 Å². The minimum atomic E-state index is -4.34. The number of fused-ring (bicyclic) bond motifs is 1. The Kier molecular flexibility index (Phi) is 5.31. The second-order valence-corrected chi connectivity index (χ2v) is 6.10. The fourth-order valence-corrected chi connectivity index (χ4v) is 3.08. The molecular weight excluding hydrogens is 335 g/mol. The first-order valence-corrected chi connectivity index (χ1v) is 8.53. The Balaban J connectivity index is 1.72. The average Bonchev–Trinajstić information content (AvgIpc) is 2.65. The molecule has 3 rings (SSSR count). The molecule has 1 nitrogen and oxygen atoms in total. The summed E-state index contributed by atoms with van der Waals surface area (Å²) in [6, 6.07) is 19.8. The van der Waals surface area contributed by atoms with Gasteiger partial charge in [0.2, 0.25) is 0 Å². The molecular formula is C22H20F3N. The summed E-state index contributed by atoms with van der Waals surface area (Å²) < 4.78 is 38.8. The molecule has 3 aromatic carbocycles. The minimum Gasteiger partial charge on any atom is -0.384 e. The molecule has 0 aliphatic carbocycles. The first-order valence-electron chi connectivity index (χ1n) is 8.53. The molecule has 0 unspecified atom stereocenters.